The first-order valence-electron chi connectivity index (χ1n) is 10.2. The van der Waals surface area contributed by atoms with Gasteiger partial charge in [-0.1, -0.05) is 18.5 Å². The third-order valence-electron chi connectivity index (χ3n) is 5.96. The highest BCUT2D eigenvalue weighted by molar-refractivity contribution is 6.30. The van der Waals surface area contributed by atoms with Crippen molar-refractivity contribution < 1.29 is 22.6 Å². The predicted molar refractivity (Wildman–Crippen MR) is 119 cm³/mol. The summed E-state index contributed by atoms with van der Waals surface area (Å²) in [4.78, 5) is 10.6. The minimum absolute atomic E-state index is 0.143. The lowest BCUT2D eigenvalue weighted by Crippen LogP contribution is -2.53. The molecule has 1 fully saturated rings. The van der Waals surface area contributed by atoms with Gasteiger partial charge in [0, 0.05) is 52.8 Å². The van der Waals surface area contributed by atoms with Gasteiger partial charge in [0.25, 0.3) is 0 Å². The molecule has 0 bridgehead atoms. The first kappa shape index (κ1) is 22.5. The molecule has 0 atom stereocenters. The zero-order valence-corrected chi connectivity index (χ0v) is 18.9. The Morgan fingerprint density at radius 1 is 1.12 bits per heavy atom. The van der Waals surface area contributed by atoms with E-state index in [1.807, 2.05) is 26.0 Å². The van der Waals surface area contributed by atoms with Crippen LogP contribution in [-0.2, 0) is 6.42 Å². The highest BCUT2D eigenvalue weighted by atomic mass is 35.5. The van der Waals surface area contributed by atoms with Gasteiger partial charge in [-0.2, -0.15) is 13.2 Å². The number of aromatic nitrogens is 2. The number of hydrogen-bond donors (Lipinski definition) is 0. The number of nitrogens with zero attached hydrogens (tertiary/aromatic N) is 3. The molecule has 170 valence electrons. The lowest BCUT2D eigenvalue weighted by molar-refractivity contribution is -0.180. The molecular weight excluding hydrogens is 443 g/mol. The van der Waals surface area contributed by atoms with Crippen molar-refractivity contribution >= 4 is 28.2 Å². The molecule has 0 unspecified atom stereocenters. The fourth-order valence-electron chi connectivity index (χ4n) is 4.21. The van der Waals surface area contributed by atoms with Crippen LogP contribution in [0.2, 0.25) is 5.15 Å². The van der Waals surface area contributed by atoms with E-state index in [0.29, 0.717) is 34.8 Å². The van der Waals surface area contributed by atoms with Crippen molar-refractivity contribution in [1.29, 1.82) is 0 Å². The van der Waals surface area contributed by atoms with Crippen LogP contribution in [-0.4, -0.2) is 43.5 Å². The molecule has 3 heterocycles. The molecule has 1 aliphatic rings. The Kier molecular flexibility index (Phi) is 5.83. The number of hydrogen-bond acceptors (Lipinski definition) is 5. The van der Waals surface area contributed by atoms with Gasteiger partial charge in [-0.05, 0) is 25.5 Å². The summed E-state index contributed by atoms with van der Waals surface area (Å²) in [5.41, 5.74) is 3.29. The van der Waals surface area contributed by atoms with Gasteiger partial charge < -0.3 is 14.4 Å². The summed E-state index contributed by atoms with van der Waals surface area (Å²) in [5, 5.41) is 1.67. The Morgan fingerprint density at radius 3 is 2.41 bits per heavy atom. The van der Waals surface area contributed by atoms with Crippen molar-refractivity contribution in [2.24, 2.45) is 5.92 Å². The van der Waals surface area contributed by atoms with Crippen LogP contribution in [0.1, 0.15) is 18.1 Å². The van der Waals surface area contributed by atoms with Crippen LogP contribution in [0, 0.1) is 12.8 Å². The van der Waals surface area contributed by atoms with Crippen molar-refractivity contribution in [2.45, 2.75) is 26.4 Å². The molecule has 4 rings (SSSR count). The van der Waals surface area contributed by atoms with Crippen molar-refractivity contribution in [3.63, 3.8) is 0 Å². The van der Waals surface area contributed by atoms with Gasteiger partial charge in [-0.15, -0.1) is 0 Å². The van der Waals surface area contributed by atoms with Crippen molar-refractivity contribution in [1.82, 2.24) is 9.97 Å². The van der Waals surface area contributed by atoms with Crippen LogP contribution < -0.4 is 14.4 Å². The maximum absolute atomic E-state index is 13.1. The maximum atomic E-state index is 13.1. The average molecular weight is 466 g/mol. The SMILES string of the molecule is CCc1c(OC)cc(OC)c(C)c1-c1cc2cnc(Cl)cc2c(N2CC(C(F)(F)F)C2)n1. The molecular formula is C23H23ClF3N3O2. The summed E-state index contributed by atoms with van der Waals surface area (Å²) in [6, 6.07) is 5.36. The minimum Gasteiger partial charge on any atom is -0.496 e. The van der Waals surface area contributed by atoms with Crippen molar-refractivity contribution in [2.75, 3.05) is 32.2 Å². The topological polar surface area (TPSA) is 47.5 Å². The van der Waals surface area contributed by atoms with E-state index in [2.05, 4.69) is 4.98 Å². The number of anilines is 1. The van der Waals surface area contributed by atoms with Gasteiger partial charge in [0.15, 0.2) is 0 Å². The Balaban J connectivity index is 1.93. The van der Waals surface area contributed by atoms with E-state index >= 15 is 0 Å². The molecule has 32 heavy (non-hydrogen) atoms. The van der Waals surface area contributed by atoms with E-state index in [9.17, 15) is 13.2 Å². The Morgan fingerprint density at radius 2 is 1.81 bits per heavy atom. The average Bonchev–Trinajstić information content (AvgIpc) is 2.71. The molecule has 0 amide bonds. The van der Waals surface area contributed by atoms with Crippen LogP contribution in [0.5, 0.6) is 11.5 Å². The van der Waals surface area contributed by atoms with Gasteiger partial charge in [0.1, 0.15) is 22.5 Å². The van der Waals surface area contributed by atoms with E-state index in [1.165, 1.54) is 0 Å². The summed E-state index contributed by atoms with van der Waals surface area (Å²) in [5.74, 6) is 0.409. The smallest absolute Gasteiger partial charge is 0.395 e. The lowest BCUT2D eigenvalue weighted by atomic mass is 9.93. The number of pyridine rings is 2. The Hall–Kier alpha value is -2.74. The van der Waals surface area contributed by atoms with Crippen LogP contribution >= 0.6 is 11.6 Å². The number of rotatable bonds is 5. The lowest BCUT2D eigenvalue weighted by Gasteiger charge is -2.41. The van der Waals surface area contributed by atoms with E-state index in [0.717, 1.165) is 22.1 Å². The van der Waals surface area contributed by atoms with Gasteiger partial charge in [-0.3, -0.25) is 0 Å². The van der Waals surface area contributed by atoms with E-state index in [-0.39, 0.29) is 18.2 Å². The monoisotopic (exact) mass is 465 g/mol. The molecule has 1 aliphatic heterocycles. The summed E-state index contributed by atoms with van der Waals surface area (Å²) in [6.07, 6.45) is -1.93. The summed E-state index contributed by atoms with van der Waals surface area (Å²) >= 11 is 6.10. The molecule has 3 aromatic rings. The molecule has 1 saturated heterocycles. The molecule has 1 aromatic carbocycles. The number of alkyl halides is 3. The second-order valence-corrected chi connectivity index (χ2v) is 8.20. The number of halogens is 4. The largest absolute Gasteiger partial charge is 0.496 e. The quantitative estimate of drug-likeness (QED) is 0.443. The standard InChI is InChI=1S/C23H23ClF3N3O2/c1-5-15-19(32-4)8-18(31-3)12(2)21(15)17-6-13-9-28-20(24)7-16(13)22(29-17)30-10-14(11-30)23(25,26)27/h6-9,14H,5,10-11H2,1-4H3. The third kappa shape index (κ3) is 3.81. The van der Waals surface area contributed by atoms with Crippen LogP contribution in [0.15, 0.2) is 24.4 Å². The fourth-order valence-corrected chi connectivity index (χ4v) is 4.37. The fraction of sp³-hybridized carbons (Fsp3) is 0.391. The molecule has 0 radical (unpaired) electrons. The summed E-state index contributed by atoms with van der Waals surface area (Å²) in [7, 11) is 3.18. The molecule has 2 aromatic heterocycles. The van der Waals surface area contributed by atoms with Crippen LogP contribution in [0.25, 0.3) is 22.0 Å². The van der Waals surface area contributed by atoms with Crippen molar-refractivity contribution in [3.8, 4) is 22.8 Å². The van der Waals surface area contributed by atoms with Gasteiger partial charge in [-0.25, -0.2) is 9.97 Å². The number of ether oxygens (including phenoxy) is 2. The van der Waals surface area contributed by atoms with Crippen LogP contribution in [0.3, 0.4) is 0 Å². The predicted octanol–water partition coefficient (Wildman–Crippen LogP) is 5.84. The van der Waals surface area contributed by atoms with Gasteiger partial charge in [0.05, 0.1) is 25.8 Å². The normalized spacial score (nSPS) is 14.6. The minimum atomic E-state index is -4.23. The molecule has 5 nitrogen and oxygen atoms in total. The van der Waals surface area contributed by atoms with E-state index in [4.69, 9.17) is 26.1 Å². The van der Waals surface area contributed by atoms with Gasteiger partial charge in [0.2, 0.25) is 0 Å². The van der Waals surface area contributed by atoms with Crippen molar-refractivity contribution in [3.05, 3.63) is 40.7 Å². The molecule has 9 heteroatoms. The first-order valence-corrected chi connectivity index (χ1v) is 10.6. The Bertz CT molecular complexity index is 1180. The van der Waals surface area contributed by atoms with Crippen LogP contribution in [0.4, 0.5) is 19.0 Å². The Labute approximate surface area is 189 Å². The molecule has 0 aliphatic carbocycles. The second kappa shape index (κ2) is 8.31. The number of fused-ring (bicyclic) bond motifs is 1. The first-order chi connectivity index (χ1) is 15.2. The van der Waals surface area contributed by atoms with E-state index < -0.39 is 12.1 Å². The zero-order valence-electron chi connectivity index (χ0n) is 18.2. The zero-order chi connectivity index (χ0) is 23.2. The maximum Gasteiger partial charge on any atom is 0.395 e. The summed E-state index contributed by atoms with van der Waals surface area (Å²) in [6.45, 7) is 3.66. The number of benzene rings is 1. The second-order valence-electron chi connectivity index (χ2n) is 7.82. The highest BCUT2D eigenvalue weighted by Crippen LogP contribution is 2.43. The van der Waals surface area contributed by atoms with E-state index in [1.54, 1.807) is 31.4 Å². The number of methoxy groups -OCH3 is 2. The van der Waals surface area contributed by atoms with Gasteiger partial charge >= 0.3 is 6.18 Å². The highest BCUT2D eigenvalue weighted by Gasteiger charge is 2.47. The molecule has 0 N–H and O–H groups in total. The molecule has 0 spiro atoms. The summed E-state index contributed by atoms with van der Waals surface area (Å²) < 4.78 is 50.5. The molecule has 0 saturated carbocycles. The third-order valence-corrected chi connectivity index (χ3v) is 6.17.